The van der Waals surface area contributed by atoms with Gasteiger partial charge in [-0.15, -0.1) is 0 Å². The van der Waals surface area contributed by atoms with Crippen LogP contribution in [-0.4, -0.2) is 61.4 Å². The van der Waals surface area contributed by atoms with Crippen molar-refractivity contribution in [3.05, 3.63) is 30.1 Å². The first kappa shape index (κ1) is 17.3. The van der Waals surface area contributed by atoms with Gasteiger partial charge in [-0.1, -0.05) is 6.07 Å². The Kier molecular flexibility index (Phi) is 5.28. The SMILES string of the molecule is O=C(C[NH+]1CCN(C(=O)[C@@H]2CCC(=O)N2)CC1)Nc1cccc(F)c1. The standard InChI is InChI=1S/C17H21FN4O3/c18-12-2-1-3-13(10-12)19-16(24)11-21-6-8-22(9-7-21)17(25)14-4-5-15(23)20-14/h1-3,10,14H,4-9,11H2,(H,19,24)(H,20,23)/p+1/t14-/m0/s1. The number of hydrogen-bond acceptors (Lipinski definition) is 3. The third-order valence-electron chi connectivity index (χ3n) is 4.59. The number of quaternary nitrogens is 1. The van der Waals surface area contributed by atoms with E-state index in [0.29, 0.717) is 44.7 Å². The van der Waals surface area contributed by atoms with Crippen LogP contribution in [0.25, 0.3) is 0 Å². The van der Waals surface area contributed by atoms with Crippen LogP contribution in [0.1, 0.15) is 12.8 Å². The fourth-order valence-electron chi connectivity index (χ4n) is 3.24. The van der Waals surface area contributed by atoms with Crippen molar-refractivity contribution < 1.29 is 23.7 Å². The molecule has 25 heavy (non-hydrogen) atoms. The van der Waals surface area contributed by atoms with Gasteiger partial charge in [0.05, 0.1) is 26.2 Å². The van der Waals surface area contributed by atoms with E-state index >= 15 is 0 Å². The number of hydrogen-bond donors (Lipinski definition) is 3. The number of nitrogens with one attached hydrogen (secondary N) is 3. The minimum atomic E-state index is -0.398. The van der Waals surface area contributed by atoms with Gasteiger partial charge in [0.15, 0.2) is 6.54 Å². The Bertz CT molecular complexity index is 674. The number of carbonyl (C=O) groups excluding carboxylic acids is 3. The minimum absolute atomic E-state index is 0.0332. The Hall–Kier alpha value is -2.48. The summed E-state index contributed by atoms with van der Waals surface area (Å²) in [7, 11) is 0. The van der Waals surface area contributed by atoms with Gasteiger partial charge in [-0.3, -0.25) is 14.4 Å². The lowest BCUT2D eigenvalue weighted by Gasteiger charge is -2.33. The second-order valence-electron chi connectivity index (χ2n) is 6.47. The lowest BCUT2D eigenvalue weighted by atomic mass is 10.2. The molecular formula is C17H22FN4O3+. The maximum Gasteiger partial charge on any atom is 0.279 e. The number of benzene rings is 1. The van der Waals surface area contributed by atoms with E-state index in [1.807, 2.05) is 0 Å². The predicted molar refractivity (Wildman–Crippen MR) is 88.3 cm³/mol. The highest BCUT2D eigenvalue weighted by Gasteiger charge is 2.33. The van der Waals surface area contributed by atoms with Gasteiger partial charge in [0.25, 0.3) is 5.91 Å². The van der Waals surface area contributed by atoms with E-state index in [4.69, 9.17) is 0 Å². The van der Waals surface area contributed by atoms with Crippen LogP contribution in [0.5, 0.6) is 0 Å². The summed E-state index contributed by atoms with van der Waals surface area (Å²) in [6, 6.07) is 5.39. The molecule has 0 aromatic heterocycles. The smallest absolute Gasteiger partial charge is 0.279 e. The molecule has 2 aliphatic heterocycles. The Morgan fingerprint density at radius 1 is 1.32 bits per heavy atom. The molecule has 0 unspecified atom stereocenters. The van der Waals surface area contributed by atoms with Crippen LogP contribution < -0.4 is 15.5 Å². The van der Waals surface area contributed by atoms with Crippen molar-refractivity contribution in [2.45, 2.75) is 18.9 Å². The van der Waals surface area contributed by atoms with Gasteiger partial charge in [-0.25, -0.2) is 4.39 Å². The number of anilines is 1. The second kappa shape index (κ2) is 7.60. The highest BCUT2D eigenvalue weighted by atomic mass is 19.1. The zero-order valence-corrected chi connectivity index (χ0v) is 13.9. The molecule has 2 saturated heterocycles. The first-order valence-corrected chi connectivity index (χ1v) is 8.48. The van der Waals surface area contributed by atoms with E-state index in [1.165, 1.54) is 12.1 Å². The molecule has 1 atom stereocenters. The quantitative estimate of drug-likeness (QED) is 0.637. The molecular weight excluding hydrogens is 327 g/mol. The normalized spacial score (nSPS) is 21.1. The van der Waals surface area contributed by atoms with E-state index in [-0.39, 0.29) is 24.3 Å². The van der Waals surface area contributed by atoms with Crippen molar-refractivity contribution in [3.8, 4) is 0 Å². The van der Waals surface area contributed by atoms with Gasteiger partial charge in [0.1, 0.15) is 11.9 Å². The van der Waals surface area contributed by atoms with Crippen LogP contribution in [-0.2, 0) is 14.4 Å². The third kappa shape index (κ3) is 4.54. The number of nitrogens with zero attached hydrogens (tertiary/aromatic N) is 1. The molecule has 0 radical (unpaired) electrons. The first-order valence-electron chi connectivity index (χ1n) is 8.48. The van der Waals surface area contributed by atoms with Gasteiger partial charge in [0, 0.05) is 12.1 Å². The topological polar surface area (TPSA) is 83.0 Å². The summed E-state index contributed by atoms with van der Waals surface area (Å²) in [5.74, 6) is -0.676. The van der Waals surface area contributed by atoms with Gasteiger partial charge in [0.2, 0.25) is 11.8 Å². The van der Waals surface area contributed by atoms with Crippen molar-refractivity contribution in [1.82, 2.24) is 10.2 Å². The molecule has 134 valence electrons. The molecule has 7 nitrogen and oxygen atoms in total. The summed E-state index contributed by atoms with van der Waals surface area (Å²) in [6.07, 6.45) is 0.961. The number of halogens is 1. The molecule has 0 spiro atoms. The fraction of sp³-hybridized carbons (Fsp3) is 0.471. The Balaban J connectivity index is 1.43. The van der Waals surface area contributed by atoms with Crippen LogP contribution in [0.2, 0.25) is 0 Å². The van der Waals surface area contributed by atoms with E-state index < -0.39 is 11.9 Å². The summed E-state index contributed by atoms with van der Waals surface area (Å²) in [5.41, 5.74) is 0.440. The first-order chi connectivity index (χ1) is 12.0. The lowest BCUT2D eigenvalue weighted by molar-refractivity contribution is -0.895. The number of rotatable bonds is 4. The zero-order valence-electron chi connectivity index (χ0n) is 13.9. The molecule has 0 bridgehead atoms. The molecule has 1 aromatic carbocycles. The fourth-order valence-corrected chi connectivity index (χ4v) is 3.24. The van der Waals surface area contributed by atoms with Gasteiger partial charge in [-0.05, 0) is 24.6 Å². The van der Waals surface area contributed by atoms with Gasteiger partial charge < -0.3 is 20.4 Å². The predicted octanol–water partition coefficient (Wildman–Crippen LogP) is -1.23. The second-order valence-corrected chi connectivity index (χ2v) is 6.47. The summed E-state index contributed by atoms with van der Waals surface area (Å²) < 4.78 is 13.1. The van der Waals surface area contributed by atoms with Crippen LogP contribution in [0.4, 0.5) is 10.1 Å². The molecule has 0 saturated carbocycles. The van der Waals surface area contributed by atoms with E-state index in [9.17, 15) is 18.8 Å². The molecule has 0 aliphatic carbocycles. The van der Waals surface area contributed by atoms with Crippen molar-refractivity contribution >= 4 is 23.4 Å². The van der Waals surface area contributed by atoms with Crippen molar-refractivity contribution in [3.63, 3.8) is 0 Å². The maximum atomic E-state index is 13.1. The van der Waals surface area contributed by atoms with Crippen molar-refractivity contribution in [1.29, 1.82) is 0 Å². The zero-order chi connectivity index (χ0) is 17.8. The summed E-state index contributed by atoms with van der Waals surface area (Å²) in [4.78, 5) is 38.5. The molecule has 2 fully saturated rings. The monoisotopic (exact) mass is 349 g/mol. The Labute approximate surface area is 145 Å². The average Bonchev–Trinajstić information content (AvgIpc) is 3.01. The molecule has 8 heteroatoms. The number of carbonyl (C=O) groups is 3. The van der Waals surface area contributed by atoms with Gasteiger partial charge >= 0.3 is 0 Å². The van der Waals surface area contributed by atoms with E-state index in [0.717, 1.165) is 4.90 Å². The lowest BCUT2D eigenvalue weighted by Crippen LogP contribution is -3.15. The number of amides is 3. The molecule has 2 aliphatic rings. The largest absolute Gasteiger partial charge is 0.344 e. The van der Waals surface area contributed by atoms with Crippen LogP contribution in [0.3, 0.4) is 0 Å². The summed E-state index contributed by atoms with van der Waals surface area (Å²) in [6.45, 7) is 2.74. The van der Waals surface area contributed by atoms with E-state index in [1.54, 1.807) is 17.0 Å². The van der Waals surface area contributed by atoms with Crippen LogP contribution >= 0.6 is 0 Å². The van der Waals surface area contributed by atoms with Crippen molar-refractivity contribution in [2.75, 3.05) is 38.0 Å². The molecule has 3 amide bonds. The van der Waals surface area contributed by atoms with Crippen molar-refractivity contribution in [2.24, 2.45) is 0 Å². The summed E-state index contributed by atoms with van der Waals surface area (Å²) >= 11 is 0. The maximum absolute atomic E-state index is 13.1. The highest BCUT2D eigenvalue weighted by Crippen LogP contribution is 2.10. The summed E-state index contributed by atoms with van der Waals surface area (Å²) in [5, 5.41) is 5.38. The van der Waals surface area contributed by atoms with Crippen LogP contribution in [0, 0.1) is 5.82 Å². The third-order valence-corrected chi connectivity index (χ3v) is 4.59. The Morgan fingerprint density at radius 2 is 2.08 bits per heavy atom. The van der Waals surface area contributed by atoms with Crippen LogP contribution in [0.15, 0.2) is 24.3 Å². The number of piperazine rings is 1. The molecule has 1 aromatic rings. The molecule has 2 heterocycles. The minimum Gasteiger partial charge on any atom is -0.344 e. The highest BCUT2D eigenvalue weighted by molar-refractivity contribution is 5.91. The van der Waals surface area contributed by atoms with E-state index in [2.05, 4.69) is 10.6 Å². The molecule has 3 rings (SSSR count). The Morgan fingerprint density at radius 3 is 2.72 bits per heavy atom. The average molecular weight is 349 g/mol. The van der Waals surface area contributed by atoms with Gasteiger partial charge in [-0.2, -0.15) is 0 Å². The molecule has 3 N–H and O–H groups in total.